The van der Waals surface area contributed by atoms with Gasteiger partial charge in [-0.2, -0.15) is 0 Å². The number of methoxy groups -OCH3 is 1. The van der Waals surface area contributed by atoms with E-state index in [0.29, 0.717) is 18.0 Å². The first-order chi connectivity index (χ1) is 7.71. The highest BCUT2D eigenvalue weighted by atomic mass is 16.5. The summed E-state index contributed by atoms with van der Waals surface area (Å²) in [6, 6.07) is 1.39. The molecule has 16 heavy (non-hydrogen) atoms. The molecule has 0 saturated carbocycles. The zero-order valence-electron chi connectivity index (χ0n) is 11.3. The lowest BCUT2D eigenvalue weighted by atomic mass is 10.0. The molecule has 3 heteroatoms. The maximum absolute atomic E-state index is 5.22. The second-order valence-corrected chi connectivity index (χ2v) is 5.09. The van der Waals surface area contributed by atoms with Crippen molar-refractivity contribution >= 4 is 0 Å². The van der Waals surface area contributed by atoms with Gasteiger partial charge in [0.25, 0.3) is 0 Å². The van der Waals surface area contributed by atoms with E-state index >= 15 is 0 Å². The van der Waals surface area contributed by atoms with E-state index in [1.807, 2.05) is 0 Å². The molecule has 1 N–H and O–H groups in total. The first-order valence-electron chi connectivity index (χ1n) is 6.67. The molecule has 3 nitrogen and oxygen atoms in total. The van der Waals surface area contributed by atoms with E-state index in [1.54, 1.807) is 7.11 Å². The third-order valence-electron chi connectivity index (χ3n) is 3.57. The van der Waals surface area contributed by atoms with Crippen molar-refractivity contribution in [2.24, 2.45) is 5.92 Å². The van der Waals surface area contributed by atoms with Gasteiger partial charge in [0.05, 0.1) is 0 Å². The van der Waals surface area contributed by atoms with Crippen LogP contribution in [0.1, 0.15) is 33.6 Å². The monoisotopic (exact) mass is 228 g/mol. The molecule has 0 bridgehead atoms. The Morgan fingerprint density at radius 2 is 2.12 bits per heavy atom. The molecule has 0 amide bonds. The fraction of sp³-hybridized carbons (Fsp3) is 1.00. The lowest BCUT2D eigenvalue weighted by Crippen LogP contribution is -2.57. The molecule has 0 aliphatic carbocycles. The average Bonchev–Trinajstić information content (AvgIpc) is 2.29. The van der Waals surface area contributed by atoms with Gasteiger partial charge in [0, 0.05) is 45.4 Å². The van der Waals surface area contributed by atoms with Crippen LogP contribution in [0.4, 0.5) is 0 Å². The van der Waals surface area contributed by atoms with Crippen LogP contribution in [0.3, 0.4) is 0 Å². The van der Waals surface area contributed by atoms with Crippen LogP contribution in [0.15, 0.2) is 0 Å². The van der Waals surface area contributed by atoms with Gasteiger partial charge in [-0.3, -0.25) is 4.90 Å². The van der Waals surface area contributed by atoms with E-state index in [0.717, 1.165) is 13.2 Å². The molecule has 0 aromatic rings. The molecule has 1 aliphatic heterocycles. The Labute approximate surface area is 101 Å². The van der Waals surface area contributed by atoms with E-state index in [9.17, 15) is 0 Å². The fourth-order valence-electron chi connectivity index (χ4n) is 2.57. The molecule has 0 aromatic carbocycles. The summed E-state index contributed by atoms with van der Waals surface area (Å²) in [5, 5.41) is 3.63. The maximum Gasteiger partial charge on any atom is 0.0500 e. The second-order valence-electron chi connectivity index (χ2n) is 5.09. The Morgan fingerprint density at radius 1 is 1.38 bits per heavy atom. The van der Waals surface area contributed by atoms with Gasteiger partial charge in [0.15, 0.2) is 0 Å². The third-order valence-corrected chi connectivity index (χ3v) is 3.57. The number of hydrogen-bond acceptors (Lipinski definition) is 3. The summed E-state index contributed by atoms with van der Waals surface area (Å²) in [4.78, 5) is 2.65. The van der Waals surface area contributed by atoms with Gasteiger partial charge in [-0.25, -0.2) is 0 Å². The number of rotatable bonds is 6. The predicted molar refractivity (Wildman–Crippen MR) is 68.8 cm³/mol. The zero-order chi connectivity index (χ0) is 12.0. The molecular formula is C13H28N2O. The van der Waals surface area contributed by atoms with Crippen molar-refractivity contribution in [1.82, 2.24) is 10.2 Å². The van der Waals surface area contributed by atoms with Gasteiger partial charge in [-0.05, 0) is 18.8 Å². The number of nitrogens with zero attached hydrogens (tertiary/aromatic N) is 1. The van der Waals surface area contributed by atoms with Gasteiger partial charge < -0.3 is 10.1 Å². The van der Waals surface area contributed by atoms with Crippen LogP contribution in [-0.2, 0) is 4.74 Å². The topological polar surface area (TPSA) is 24.5 Å². The van der Waals surface area contributed by atoms with Crippen molar-refractivity contribution < 1.29 is 4.74 Å². The fourth-order valence-corrected chi connectivity index (χ4v) is 2.57. The molecule has 3 atom stereocenters. The van der Waals surface area contributed by atoms with Crippen LogP contribution in [0, 0.1) is 5.92 Å². The first kappa shape index (κ1) is 13.9. The smallest absolute Gasteiger partial charge is 0.0500 e. The summed E-state index contributed by atoms with van der Waals surface area (Å²) in [6.45, 7) is 11.2. The molecule has 0 spiro atoms. The summed E-state index contributed by atoms with van der Waals surface area (Å²) in [7, 11) is 1.79. The van der Waals surface area contributed by atoms with Gasteiger partial charge in [0.2, 0.25) is 0 Å². The van der Waals surface area contributed by atoms with E-state index in [2.05, 4.69) is 31.0 Å². The van der Waals surface area contributed by atoms with Crippen molar-refractivity contribution in [3.05, 3.63) is 0 Å². The van der Waals surface area contributed by atoms with E-state index < -0.39 is 0 Å². The van der Waals surface area contributed by atoms with Crippen molar-refractivity contribution in [3.8, 4) is 0 Å². The number of hydrogen-bond donors (Lipinski definition) is 1. The van der Waals surface area contributed by atoms with Gasteiger partial charge in [0.1, 0.15) is 0 Å². The normalized spacial score (nSPS) is 29.2. The van der Waals surface area contributed by atoms with E-state index in [4.69, 9.17) is 4.74 Å². The lowest BCUT2D eigenvalue weighted by molar-refractivity contribution is 0.0787. The van der Waals surface area contributed by atoms with Crippen LogP contribution in [-0.4, -0.2) is 50.3 Å². The highest BCUT2D eigenvalue weighted by Gasteiger charge is 2.26. The summed E-state index contributed by atoms with van der Waals surface area (Å²) in [6.07, 6.45) is 2.47. The predicted octanol–water partition coefficient (Wildman–Crippen LogP) is 1.73. The molecule has 1 aliphatic rings. The highest BCUT2D eigenvalue weighted by Crippen LogP contribution is 2.14. The summed E-state index contributed by atoms with van der Waals surface area (Å²) < 4.78 is 5.22. The SMILES string of the molecule is CCC1CN(CC(C)COC)C(CC)CN1. The van der Waals surface area contributed by atoms with E-state index in [-0.39, 0.29) is 0 Å². The van der Waals surface area contributed by atoms with Gasteiger partial charge >= 0.3 is 0 Å². The van der Waals surface area contributed by atoms with Gasteiger partial charge in [-0.1, -0.05) is 20.8 Å². The Hall–Kier alpha value is -0.120. The Balaban J connectivity index is 2.44. The van der Waals surface area contributed by atoms with Crippen molar-refractivity contribution in [1.29, 1.82) is 0 Å². The summed E-state index contributed by atoms with van der Waals surface area (Å²) in [5.41, 5.74) is 0. The van der Waals surface area contributed by atoms with Crippen LogP contribution >= 0.6 is 0 Å². The van der Waals surface area contributed by atoms with Crippen molar-refractivity contribution in [2.45, 2.75) is 45.7 Å². The van der Waals surface area contributed by atoms with Crippen LogP contribution in [0.2, 0.25) is 0 Å². The van der Waals surface area contributed by atoms with Crippen LogP contribution < -0.4 is 5.32 Å². The molecule has 1 saturated heterocycles. The summed E-state index contributed by atoms with van der Waals surface area (Å²) >= 11 is 0. The Kier molecular flexibility index (Phi) is 6.32. The molecule has 1 fully saturated rings. The maximum atomic E-state index is 5.22. The molecule has 3 unspecified atom stereocenters. The number of ether oxygens (including phenoxy) is 1. The van der Waals surface area contributed by atoms with E-state index in [1.165, 1.54) is 25.9 Å². The average molecular weight is 228 g/mol. The second kappa shape index (κ2) is 7.25. The third kappa shape index (κ3) is 4.04. The van der Waals surface area contributed by atoms with Crippen molar-refractivity contribution in [2.75, 3.05) is 33.4 Å². The van der Waals surface area contributed by atoms with Gasteiger partial charge in [-0.15, -0.1) is 0 Å². The zero-order valence-corrected chi connectivity index (χ0v) is 11.3. The first-order valence-corrected chi connectivity index (χ1v) is 6.67. The summed E-state index contributed by atoms with van der Waals surface area (Å²) in [5.74, 6) is 0.634. The molecule has 0 radical (unpaired) electrons. The molecule has 0 aromatic heterocycles. The molecule has 1 rings (SSSR count). The largest absolute Gasteiger partial charge is 0.384 e. The minimum atomic E-state index is 0.634. The van der Waals surface area contributed by atoms with Crippen LogP contribution in [0.25, 0.3) is 0 Å². The molecular weight excluding hydrogens is 200 g/mol. The Bertz CT molecular complexity index is 187. The standard InChI is InChI=1S/C13H28N2O/c1-5-12-9-15(8-11(3)10-16-4)13(6-2)7-14-12/h11-14H,5-10H2,1-4H3. The molecule has 1 heterocycles. The lowest BCUT2D eigenvalue weighted by Gasteiger charge is -2.41. The minimum Gasteiger partial charge on any atom is -0.384 e. The van der Waals surface area contributed by atoms with Crippen molar-refractivity contribution in [3.63, 3.8) is 0 Å². The molecule has 96 valence electrons. The highest BCUT2D eigenvalue weighted by molar-refractivity contribution is 4.85. The quantitative estimate of drug-likeness (QED) is 0.749. The minimum absolute atomic E-state index is 0.634. The Morgan fingerprint density at radius 3 is 2.69 bits per heavy atom. The number of nitrogens with one attached hydrogen (secondary N) is 1. The van der Waals surface area contributed by atoms with Crippen LogP contribution in [0.5, 0.6) is 0 Å². The number of piperazine rings is 1.